The number of hydrogen-bond acceptors (Lipinski definition) is 7. The second-order valence-corrected chi connectivity index (χ2v) is 7.44. The molecule has 0 aliphatic heterocycles. The minimum Gasteiger partial charge on any atom is -0.497 e. The highest BCUT2D eigenvalue weighted by Crippen LogP contribution is 2.17. The van der Waals surface area contributed by atoms with Crippen LogP contribution in [0.1, 0.15) is 17.3 Å². The minimum atomic E-state index is -3.51. The van der Waals surface area contributed by atoms with Gasteiger partial charge in [-0.1, -0.05) is 35.5 Å². The van der Waals surface area contributed by atoms with E-state index >= 15 is 0 Å². The molecule has 3 rings (SSSR count). The molecule has 0 fully saturated rings. The number of aromatic nitrogens is 2. The Morgan fingerprint density at radius 3 is 2.44 bits per heavy atom. The third-order valence-electron chi connectivity index (χ3n) is 3.58. The largest absolute Gasteiger partial charge is 0.497 e. The fourth-order valence-electron chi connectivity index (χ4n) is 2.26. The fraction of sp³-hybridized carbons (Fsp3) is 0.222. The number of hydrogen-bond donors (Lipinski definition) is 1. The molecule has 0 unspecified atom stereocenters. The van der Waals surface area contributed by atoms with Crippen molar-refractivity contribution in [1.82, 2.24) is 14.9 Å². The van der Waals surface area contributed by atoms with Gasteiger partial charge < -0.3 is 14.0 Å². The van der Waals surface area contributed by atoms with Crippen LogP contribution in [0.25, 0.3) is 0 Å². The van der Waals surface area contributed by atoms with E-state index in [-0.39, 0.29) is 24.8 Å². The third-order valence-corrected chi connectivity index (χ3v) is 4.88. The van der Waals surface area contributed by atoms with Crippen LogP contribution < -0.4 is 14.2 Å². The summed E-state index contributed by atoms with van der Waals surface area (Å²) >= 11 is 0. The van der Waals surface area contributed by atoms with Gasteiger partial charge in [-0.3, -0.25) is 0 Å². The Morgan fingerprint density at radius 1 is 1.04 bits per heavy atom. The molecule has 9 heteroatoms. The van der Waals surface area contributed by atoms with E-state index in [0.717, 1.165) is 5.75 Å². The Hall–Kier alpha value is -2.91. The van der Waals surface area contributed by atoms with Crippen molar-refractivity contribution in [2.45, 2.75) is 18.9 Å². The lowest BCUT2D eigenvalue weighted by molar-refractivity contribution is 0.284. The number of methoxy groups -OCH3 is 1. The molecule has 1 N–H and O–H groups in total. The number of benzene rings is 2. The van der Waals surface area contributed by atoms with Crippen LogP contribution >= 0.6 is 0 Å². The molecule has 1 aromatic heterocycles. The summed E-state index contributed by atoms with van der Waals surface area (Å²) in [6.07, 6.45) is 0. The monoisotopic (exact) mass is 389 g/mol. The first-order valence-corrected chi connectivity index (χ1v) is 9.79. The van der Waals surface area contributed by atoms with E-state index in [2.05, 4.69) is 14.9 Å². The number of nitrogens with one attached hydrogen (secondary N) is 1. The molecule has 0 spiro atoms. The van der Waals surface area contributed by atoms with Gasteiger partial charge in [-0.25, -0.2) is 13.1 Å². The van der Waals surface area contributed by atoms with E-state index in [1.54, 1.807) is 55.6 Å². The average Bonchev–Trinajstić information content (AvgIpc) is 3.14. The van der Waals surface area contributed by atoms with Crippen LogP contribution in [0.15, 0.2) is 59.1 Å². The third kappa shape index (κ3) is 5.80. The van der Waals surface area contributed by atoms with Crippen molar-refractivity contribution in [3.8, 4) is 11.5 Å². The molecule has 0 amide bonds. The van der Waals surface area contributed by atoms with Crippen LogP contribution in [0.4, 0.5) is 0 Å². The van der Waals surface area contributed by atoms with E-state index in [4.69, 9.17) is 14.0 Å². The standard InChI is InChI=1S/C18H19N3O5S/c1-24-15-7-9-16(10-8-15)25-12-17-20-18(26-21-17)11-19-27(22,23)13-14-5-3-2-4-6-14/h2-10,19H,11-13H2,1H3. The molecule has 0 atom stereocenters. The summed E-state index contributed by atoms with van der Waals surface area (Å²) in [7, 11) is -1.92. The quantitative estimate of drug-likeness (QED) is 0.599. The molecule has 0 aliphatic rings. The normalized spacial score (nSPS) is 11.3. The van der Waals surface area contributed by atoms with Crippen molar-refractivity contribution >= 4 is 10.0 Å². The Morgan fingerprint density at radius 2 is 1.74 bits per heavy atom. The molecule has 27 heavy (non-hydrogen) atoms. The predicted molar refractivity (Wildman–Crippen MR) is 97.5 cm³/mol. The lowest BCUT2D eigenvalue weighted by Gasteiger charge is -2.04. The summed E-state index contributed by atoms with van der Waals surface area (Å²) in [6, 6.07) is 16.0. The van der Waals surface area contributed by atoms with Crippen molar-refractivity contribution in [1.29, 1.82) is 0 Å². The maximum Gasteiger partial charge on any atom is 0.241 e. The summed E-state index contributed by atoms with van der Waals surface area (Å²) in [4.78, 5) is 4.11. The molecule has 142 valence electrons. The predicted octanol–water partition coefficient (Wildman–Crippen LogP) is 2.28. The SMILES string of the molecule is COc1ccc(OCc2noc(CNS(=O)(=O)Cc3ccccc3)n2)cc1. The fourth-order valence-corrected chi connectivity index (χ4v) is 3.33. The van der Waals surface area contributed by atoms with Crippen LogP contribution in [0.5, 0.6) is 11.5 Å². The average molecular weight is 389 g/mol. The summed E-state index contributed by atoms with van der Waals surface area (Å²) in [5.41, 5.74) is 0.698. The molecule has 2 aromatic carbocycles. The Bertz CT molecular complexity index is 956. The molecule has 0 aliphatic carbocycles. The van der Waals surface area contributed by atoms with Crippen LogP contribution in [-0.2, 0) is 28.9 Å². The second kappa shape index (κ2) is 8.65. The highest BCUT2D eigenvalue weighted by molar-refractivity contribution is 7.88. The number of nitrogens with zero attached hydrogens (tertiary/aromatic N) is 2. The molecular weight excluding hydrogens is 370 g/mol. The van der Waals surface area contributed by atoms with Gasteiger partial charge in [0.15, 0.2) is 6.61 Å². The maximum absolute atomic E-state index is 12.1. The molecule has 0 saturated heterocycles. The van der Waals surface area contributed by atoms with Crippen molar-refractivity contribution in [2.75, 3.05) is 7.11 Å². The zero-order valence-corrected chi connectivity index (χ0v) is 15.5. The van der Waals surface area contributed by atoms with E-state index < -0.39 is 10.0 Å². The minimum absolute atomic E-state index is 0.0787. The van der Waals surface area contributed by atoms with E-state index in [1.165, 1.54) is 0 Å². The van der Waals surface area contributed by atoms with E-state index in [1.807, 2.05) is 6.07 Å². The smallest absolute Gasteiger partial charge is 0.241 e. The Kier molecular flexibility index (Phi) is 6.05. The molecule has 8 nitrogen and oxygen atoms in total. The second-order valence-electron chi connectivity index (χ2n) is 5.63. The molecule has 1 heterocycles. The first-order valence-electron chi connectivity index (χ1n) is 8.14. The molecule has 0 bridgehead atoms. The topological polar surface area (TPSA) is 104 Å². The molecule has 0 radical (unpaired) electrons. The van der Waals surface area contributed by atoms with Gasteiger partial charge in [-0.2, -0.15) is 4.98 Å². The Balaban J connectivity index is 1.50. The summed E-state index contributed by atoms with van der Waals surface area (Å²) in [5, 5.41) is 3.78. The highest BCUT2D eigenvalue weighted by Gasteiger charge is 2.14. The zero-order chi connectivity index (χ0) is 19.1. The molecule has 3 aromatic rings. The van der Waals surface area contributed by atoms with E-state index in [9.17, 15) is 8.42 Å². The van der Waals surface area contributed by atoms with Crippen LogP contribution in [0.2, 0.25) is 0 Å². The van der Waals surface area contributed by atoms with Crippen LogP contribution in [0, 0.1) is 0 Å². The van der Waals surface area contributed by atoms with Crippen molar-refractivity contribution in [2.24, 2.45) is 0 Å². The van der Waals surface area contributed by atoms with Gasteiger partial charge in [0.05, 0.1) is 19.4 Å². The zero-order valence-electron chi connectivity index (χ0n) is 14.7. The maximum atomic E-state index is 12.1. The Labute approximate surface area is 157 Å². The van der Waals surface area contributed by atoms with E-state index in [0.29, 0.717) is 17.1 Å². The van der Waals surface area contributed by atoms with Gasteiger partial charge in [0.25, 0.3) is 0 Å². The molecule has 0 saturated carbocycles. The first-order chi connectivity index (χ1) is 13.0. The number of ether oxygens (including phenoxy) is 2. The van der Waals surface area contributed by atoms with Gasteiger partial charge in [-0.05, 0) is 29.8 Å². The number of rotatable bonds is 9. The summed E-state index contributed by atoms with van der Waals surface area (Å²) in [5.74, 6) is 1.73. The first kappa shape index (κ1) is 18.9. The summed E-state index contributed by atoms with van der Waals surface area (Å²) in [6.45, 7) is 0.0251. The van der Waals surface area contributed by atoms with Crippen LogP contribution in [0.3, 0.4) is 0 Å². The van der Waals surface area contributed by atoms with Gasteiger partial charge in [0.1, 0.15) is 11.5 Å². The van der Waals surface area contributed by atoms with Gasteiger partial charge in [0, 0.05) is 0 Å². The van der Waals surface area contributed by atoms with Gasteiger partial charge in [-0.15, -0.1) is 0 Å². The number of sulfonamides is 1. The highest BCUT2D eigenvalue weighted by atomic mass is 32.2. The van der Waals surface area contributed by atoms with Crippen molar-refractivity contribution < 1.29 is 22.4 Å². The lowest BCUT2D eigenvalue weighted by atomic mass is 10.2. The van der Waals surface area contributed by atoms with Crippen LogP contribution in [-0.4, -0.2) is 25.7 Å². The van der Waals surface area contributed by atoms with Crippen molar-refractivity contribution in [3.05, 3.63) is 71.9 Å². The van der Waals surface area contributed by atoms with Gasteiger partial charge in [0.2, 0.25) is 21.7 Å². The van der Waals surface area contributed by atoms with Gasteiger partial charge >= 0.3 is 0 Å². The molecular formula is C18H19N3O5S. The summed E-state index contributed by atoms with van der Waals surface area (Å²) < 4.78 is 42.3. The van der Waals surface area contributed by atoms with Crippen molar-refractivity contribution in [3.63, 3.8) is 0 Å². The lowest BCUT2D eigenvalue weighted by Crippen LogP contribution is -2.24.